The van der Waals surface area contributed by atoms with E-state index in [2.05, 4.69) is 0 Å². The second-order valence-corrected chi connectivity index (χ2v) is 6.48. The van der Waals surface area contributed by atoms with Crippen LogP contribution in [0.25, 0.3) is 0 Å². The number of carbonyl (C=O) groups is 1. The normalized spacial score (nSPS) is 17.1. The summed E-state index contributed by atoms with van der Waals surface area (Å²) in [6.45, 7) is 6.94. The Kier molecular flexibility index (Phi) is 3.67. The molecule has 0 heterocycles. The van der Waals surface area contributed by atoms with E-state index < -0.39 is 12.8 Å². The summed E-state index contributed by atoms with van der Waals surface area (Å²) in [4.78, 5) is 11.6. The Hall–Kier alpha value is -0.140. The molecule has 0 aliphatic heterocycles. The molecule has 0 saturated carbocycles. The highest BCUT2D eigenvalue weighted by atomic mass is 31.2. The summed E-state index contributed by atoms with van der Waals surface area (Å²) >= 11 is 0. The number of hydrogen-bond acceptors (Lipinski definition) is 3. The van der Waals surface area contributed by atoms with Crippen molar-refractivity contribution in [3.05, 3.63) is 0 Å². The van der Waals surface area contributed by atoms with Gasteiger partial charge in [0, 0.05) is 18.7 Å². The van der Waals surface area contributed by atoms with Gasteiger partial charge >= 0.3 is 0 Å². The van der Waals surface area contributed by atoms with Crippen molar-refractivity contribution < 1.29 is 13.9 Å². The molecule has 0 aliphatic carbocycles. The minimum Gasteiger partial charge on any atom is -0.327 e. The van der Waals surface area contributed by atoms with Gasteiger partial charge in [-0.15, -0.1) is 0 Å². The van der Waals surface area contributed by atoms with Crippen molar-refractivity contribution in [3.63, 3.8) is 0 Å². The van der Waals surface area contributed by atoms with Crippen molar-refractivity contribution in [3.8, 4) is 0 Å². The quantitative estimate of drug-likeness (QED) is 0.645. The Morgan fingerprint density at radius 1 is 1.42 bits per heavy atom. The molecule has 4 heteroatoms. The van der Waals surface area contributed by atoms with Crippen LogP contribution in [0.4, 0.5) is 0 Å². The molecule has 0 aliphatic rings. The molecule has 0 saturated heterocycles. The predicted molar refractivity (Wildman–Crippen MR) is 49.6 cm³/mol. The van der Waals surface area contributed by atoms with E-state index in [0.29, 0.717) is 0 Å². The molecule has 72 valence electrons. The molecule has 1 atom stereocenters. The van der Waals surface area contributed by atoms with Crippen LogP contribution >= 0.6 is 7.37 Å². The van der Waals surface area contributed by atoms with Crippen LogP contribution in [0, 0.1) is 5.41 Å². The zero-order chi connectivity index (χ0) is 9.99. The maximum Gasteiger partial charge on any atom is 0.266 e. The molecular weight excluding hydrogens is 175 g/mol. The van der Waals surface area contributed by atoms with Crippen LogP contribution in [0.1, 0.15) is 27.7 Å². The molecule has 0 rings (SSSR count). The third kappa shape index (κ3) is 2.43. The predicted octanol–water partition coefficient (Wildman–Crippen LogP) is 2.50. The van der Waals surface area contributed by atoms with E-state index in [9.17, 15) is 9.36 Å². The zero-order valence-corrected chi connectivity index (χ0v) is 9.27. The maximum absolute atomic E-state index is 11.7. The van der Waals surface area contributed by atoms with Crippen LogP contribution in [-0.2, 0) is 13.9 Å². The summed E-state index contributed by atoms with van der Waals surface area (Å²) in [7, 11) is -1.71. The van der Waals surface area contributed by atoms with Gasteiger partial charge in [-0.05, 0) is 0 Å². The number of carbonyl (C=O) groups excluding carboxylic acids is 1. The summed E-state index contributed by atoms with van der Waals surface area (Å²) in [6, 6.07) is 0. The molecule has 0 aromatic rings. The Morgan fingerprint density at radius 3 is 1.92 bits per heavy atom. The summed E-state index contributed by atoms with van der Waals surface area (Å²) in [5, 5.41) is 0. The van der Waals surface area contributed by atoms with E-state index in [4.69, 9.17) is 4.52 Å². The first-order valence-corrected chi connectivity index (χ1v) is 5.78. The van der Waals surface area contributed by atoms with E-state index in [1.807, 2.05) is 0 Å². The highest BCUT2D eigenvalue weighted by Gasteiger charge is 2.37. The molecule has 0 fully saturated rings. The summed E-state index contributed by atoms with van der Waals surface area (Å²) in [5.74, 6) is 0. The van der Waals surface area contributed by atoms with Gasteiger partial charge in [0.1, 0.15) is 0 Å². The fraction of sp³-hybridized carbons (Fsp3) is 0.875. The molecular formula is C8H17O3P. The van der Waals surface area contributed by atoms with Crippen LogP contribution < -0.4 is 0 Å². The Labute approximate surface area is 73.9 Å². The summed E-state index contributed by atoms with van der Waals surface area (Å²) in [5.41, 5.74) is -0.860. The van der Waals surface area contributed by atoms with E-state index in [1.165, 1.54) is 7.11 Å². The third-order valence-corrected chi connectivity index (χ3v) is 4.37. The molecule has 1 unspecified atom stereocenters. The number of rotatable bonds is 3. The SMILES string of the molecule is CCP(=O)(OC)C(=O)C(C)(C)C. The van der Waals surface area contributed by atoms with Gasteiger partial charge in [-0.2, -0.15) is 0 Å². The molecule has 0 bridgehead atoms. The van der Waals surface area contributed by atoms with Crippen molar-refractivity contribution in [2.24, 2.45) is 5.41 Å². The van der Waals surface area contributed by atoms with Gasteiger partial charge in [-0.3, -0.25) is 9.36 Å². The zero-order valence-electron chi connectivity index (χ0n) is 8.38. The lowest BCUT2D eigenvalue weighted by Crippen LogP contribution is -2.21. The average molecular weight is 192 g/mol. The largest absolute Gasteiger partial charge is 0.327 e. The van der Waals surface area contributed by atoms with Crippen molar-refractivity contribution in [1.82, 2.24) is 0 Å². The first-order chi connectivity index (χ1) is 5.28. The molecule has 12 heavy (non-hydrogen) atoms. The van der Waals surface area contributed by atoms with E-state index in [0.717, 1.165) is 0 Å². The summed E-state index contributed by atoms with van der Waals surface area (Å²) in [6.07, 6.45) is 0.277. The van der Waals surface area contributed by atoms with Crippen molar-refractivity contribution in [2.45, 2.75) is 27.7 Å². The molecule has 0 N–H and O–H groups in total. The molecule has 0 aromatic carbocycles. The first kappa shape index (κ1) is 11.9. The summed E-state index contributed by atoms with van der Waals surface area (Å²) < 4.78 is 16.5. The molecule has 0 spiro atoms. The minimum atomic E-state index is -3.03. The Balaban J connectivity index is 4.80. The van der Waals surface area contributed by atoms with E-state index >= 15 is 0 Å². The smallest absolute Gasteiger partial charge is 0.266 e. The lowest BCUT2D eigenvalue weighted by atomic mass is 9.99. The first-order valence-electron chi connectivity index (χ1n) is 3.97. The van der Waals surface area contributed by atoms with Gasteiger partial charge in [0.05, 0.1) is 0 Å². The third-order valence-electron chi connectivity index (χ3n) is 1.66. The molecule has 3 nitrogen and oxygen atoms in total. The van der Waals surface area contributed by atoms with Crippen LogP contribution in [0.5, 0.6) is 0 Å². The lowest BCUT2D eigenvalue weighted by molar-refractivity contribution is -0.119. The highest BCUT2D eigenvalue weighted by molar-refractivity contribution is 7.76. The van der Waals surface area contributed by atoms with Gasteiger partial charge in [0.15, 0.2) is 0 Å². The second kappa shape index (κ2) is 3.71. The van der Waals surface area contributed by atoms with Crippen molar-refractivity contribution in [2.75, 3.05) is 13.3 Å². The topological polar surface area (TPSA) is 43.4 Å². The Bertz CT molecular complexity index is 207. The molecule has 0 radical (unpaired) electrons. The average Bonchev–Trinajstić information content (AvgIpc) is 2.00. The highest BCUT2D eigenvalue weighted by Crippen LogP contribution is 2.51. The van der Waals surface area contributed by atoms with Crippen LogP contribution in [0.15, 0.2) is 0 Å². The van der Waals surface area contributed by atoms with Gasteiger partial charge in [-0.25, -0.2) is 0 Å². The standard InChI is InChI=1S/C8H17O3P/c1-6-12(10,11-5)7(9)8(2,3)4/h6H2,1-5H3. The van der Waals surface area contributed by atoms with E-state index in [1.54, 1.807) is 27.7 Å². The molecule has 0 amide bonds. The molecule has 0 aromatic heterocycles. The fourth-order valence-corrected chi connectivity index (χ4v) is 2.60. The van der Waals surface area contributed by atoms with Crippen molar-refractivity contribution in [1.29, 1.82) is 0 Å². The number of hydrogen-bond donors (Lipinski definition) is 0. The van der Waals surface area contributed by atoms with E-state index in [-0.39, 0.29) is 11.7 Å². The lowest BCUT2D eigenvalue weighted by Gasteiger charge is -2.22. The van der Waals surface area contributed by atoms with Crippen LogP contribution in [-0.4, -0.2) is 18.8 Å². The van der Waals surface area contributed by atoms with Crippen molar-refractivity contribution >= 4 is 12.9 Å². The van der Waals surface area contributed by atoms with Crippen LogP contribution in [0.3, 0.4) is 0 Å². The maximum atomic E-state index is 11.7. The van der Waals surface area contributed by atoms with Gasteiger partial charge < -0.3 is 4.52 Å². The van der Waals surface area contributed by atoms with Gasteiger partial charge in [0.2, 0.25) is 5.52 Å². The second-order valence-electron chi connectivity index (χ2n) is 3.73. The van der Waals surface area contributed by atoms with Gasteiger partial charge in [-0.1, -0.05) is 27.7 Å². The monoisotopic (exact) mass is 192 g/mol. The Morgan fingerprint density at radius 2 is 1.83 bits per heavy atom. The minimum absolute atomic E-state index is 0.277. The van der Waals surface area contributed by atoms with Crippen LogP contribution in [0.2, 0.25) is 0 Å². The fourth-order valence-electron chi connectivity index (χ4n) is 0.867. The van der Waals surface area contributed by atoms with Gasteiger partial charge in [0.25, 0.3) is 7.37 Å².